The molecule has 1 atom stereocenters. The van der Waals surface area contributed by atoms with Crippen LogP contribution in [0.1, 0.15) is 82.3 Å². The van der Waals surface area contributed by atoms with Crippen LogP contribution < -0.4 is 20.4 Å². The number of nitrogens with one attached hydrogen (secondary N) is 3. The fraction of sp³-hybridized carbons (Fsp3) is 0.481. The lowest BCUT2D eigenvalue weighted by atomic mass is 9.98. The van der Waals surface area contributed by atoms with Crippen LogP contribution in [0.4, 0.5) is 27.4 Å². The van der Waals surface area contributed by atoms with Gasteiger partial charge < -0.3 is 45.0 Å². The number of rotatable bonds is 22. The molecule has 2 fully saturated rings. The fourth-order valence-corrected chi connectivity index (χ4v) is 8.69. The van der Waals surface area contributed by atoms with Crippen LogP contribution in [0.3, 0.4) is 0 Å². The monoisotopic (exact) mass is 956 g/mol. The SMILES string of the molecule is CCCC(C=O)N(C=O)c1ccc(CCCOCCCCN2CCN(Cc3ccc(-c4c[nH]c5nc(Nc6cc(F)cc(Cl)c6)ncc45)cc3)CC2)cc1N(C)C.CNC=O.OC1CCCCC1. The topological polar surface area (TPSA) is 159 Å². The van der Waals surface area contributed by atoms with Gasteiger partial charge in [-0.3, -0.25) is 14.5 Å². The van der Waals surface area contributed by atoms with E-state index in [1.165, 1.54) is 42.5 Å². The Kier molecular flexibility index (Phi) is 22.6. The molecule has 14 nitrogen and oxygen atoms in total. The molecule has 2 aliphatic rings. The first-order valence-corrected chi connectivity index (χ1v) is 24.4. The molecule has 1 saturated heterocycles. The van der Waals surface area contributed by atoms with Crippen molar-refractivity contribution >= 4 is 64.8 Å². The standard InChI is InChI=1S/C44H54ClFN8O3.C6H12O.C2H5NO/c1-4-8-38(30-55)54(31-56)41-15-12-32(23-42(41)51(2)3)9-7-22-57-21-6-5-16-52-17-19-53(20-18-52)29-33-10-13-34(14-11-33)39-27-47-43-40(39)28-48-44(50-43)49-37-25-35(45)24-36(46)26-37;7-6-4-2-1-3-5-6;1-3-2-4/h10-15,23-28,30-31,38H,4-9,16-22,29H2,1-3H3,(H2,47,48,49,50);6-7H,1-5H2;2H,1H3,(H,3,4). The van der Waals surface area contributed by atoms with Crippen molar-refractivity contribution in [2.75, 3.05) is 82.2 Å². The van der Waals surface area contributed by atoms with Crippen LogP contribution in [-0.4, -0.2) is 128 Å². The predicted octanol–water partition coefficient (Wildman–Crippen LogP) is 8.78. The van der Waals surface area contributed by atoms with E-state index in [0.29, 0.717) is 41.7 Å². The second-order valence-corrected chi connectivity index (χ2v) is 18.0. The molecule has 1 unspecified atom stereocenters. The molecule has 3 heterocycles. The van der Waals surface area contributed by atoms with Gasteiger partial charge in [0.25, 0.3) is 0 Å². The van der Waals surface area contributed by atoms with E-state index in [1.54, 1.807) is 24.2 Å². The number of ether oxygens (including phenoxy) is 1. The molecule has 4 N–H and O–H groups in total. The van der Waals surface area contributed by atoms with E-state index in [9.17, 15) is 14.0 Å². The highest BCUT2D eigenvalue weighted by atomic mass is 35.5. The number of aromatic nitrogens is 3. The third-order valence-electron chi connectivity index (χ3n) is 12.2. The first-order chi connectivity index (χ1) is 33.0. The Balaban J connectivity index is 0.000000696. The number of fused-ring (bicyclic) bond motifs is 1. The Labute approximate surface area is 406 Å². The molecule has 2 aromatic heterocycles. The van der Waals surface area contributed by atoms with Crippen LogP contribution in [0.25, 0.3) is 22.2 Å². The number of aromatic amines is 1. The number of amides is 2. The van der Waals surface area contributed by atoms with E-state index in [2.05, 4.69) is 71.8 Å². The molecule has 68 heavy (non-hydrogen) atoms. The lowest BCUT2D eigenvalue weighted by molar-refractivity contribution is -0.113. The van der Waals surface area contributed by atoms with Gasteiger partial charge in [0.15, 0.2) is 0 Å². The Morgan fingerprint density at radius 1 is 0.926 bits per heavy atom. The number of halogens is 2. The molecule has 1 saturated carbocycles. The van der Waals surface area contributed by atoms with E-state index < -0.39 is 11.9 Å². The lowest BCUT2D eigenvalue weighted by Gasteiger charge is -2.34. The number of benzene rings is 3. The number of aldehydes is 1. The van der Waals surface area contributed by atoms with Gasteiger partial charge in [-0.2, -0.15) is 4.98 Å². The van der Waals surface area contributed by atoms with E-state index in [1.807, 2.05) is 38.2 Å². The number of hydrogen-bond donors (Lipinski definition) is 4. The van der Waals surface area contributed by atoms with Gasteiger partial charge in [-0.25, -0.2) is 9.37 Å². The summed E-state index contributed by atoms with van der Waals surface area (Å²) in [5.41, 5.74) is 7.45. The molecule has 3 aromatic carbocycles. The number of carbonyl (C=O) groups excluding carboxylic acids is 3. The molecular weight excluding hydrogens is 885 g/mol. The van der Waals surface area contributed by atoms with Crippen molar-refractivity contribution in [2.45, 2.75) is 96.2 Å². The molecule has 0 spiro atoms. The molecule has 0 radical (unpaired) electrons. The van der Waals surface area contributed by atoms with Gasteiger partial charge in [-0.05, 0) is 98.5 Å². The Morgan fingerprint density at radius 3 is 2.26 bits per heavy atom. The van der Waals surface area contributed by atoms with Crippen LogP contribution >= 0.6 is 11.6 Å². The lowest BCUT2D eigenvalue weighted by Crippen LogP contribution is -2.46. The molecule has 5 aromatic rings. The van der Waals surface area contributed by atoms with Crippen molar-refractivity contribution in [1.82, 2.24) is 30.1 Å². The summed E-state index contributed by atoms with van der Waals surface area (Å²) in [6, 6.07) is 18.6. The minimum atomic E-state index is -0.458. The fourth-order valence-electron chi connectivity index (χ4n) is 8.46. The number of hydrogen-bond acceptors (Lipinski definition) is 11. The summed E-state index contributed by atoms with van der Waals surface area (Å²) < 4.78 is 19.7. The first-order valence-electron chi connectivity index (χ1n) is 24.0. The first kappa shape index (κ1) is 53.5. The molecule has 0 bridgehead atoms. The van der Waals surface area contributed by atoms with Crippen molar-refractivity contribution in [3.8, 4) is 11.1 Å². The molecule has 16 heteroatoms. The zero-order valence-corrected chi connectivity index (χ0v) is 41.0. The number of aliphatic hydroxyl groups is 1. The van der Waals surface area contributed by atoms with Crippen molar-refractivity contribution in [2.24, 2.45) is 0 Å². The van der Waals surface area contributed by atoms with Crippen LogP contribution in [-0.2, 0) is 32.1 Å². The van der Waals surface area contributed by atoms with Gasteiger partial charge in [0.05, 0.1) is 23.5 Å². The molecule has 7 rings (SSSR count). The Bertz CT molecular complexity index is 2260. The van der Waals surface area contributed by atoms with E-state index in [-0.39, 0.29) is 6.10 Å². The van der Waals surface area contributed by atoms with Crippen LogP contribution in [0.5, 0.6) is 0 Å². The van der Waals surface area contributed by atoms with Crippen LogP contribution in [0, 0.1) is 5.82 Å². The summed E-state index contributed by atoms with van der Waals surface area (Å²) in [7, 11) is 5.48. The van der Waals surface area contributed by atoms with Crippen molar-refractivity contribution < 1.29 is 28.6 Å². The summed E-state index contributed by atoms with van der Waals surface area (Å²) >= 11 is 5.98. The summed E-state index contributed by atoms with van der Waals surface area (Å²) in [4.78, 5) is 53.6. The Hall–Kier alpha value is -5.45. The molecule has 1 aliphatic carbocycles. The maximum absolute atomic E-state index is 13.8. The maximum atomic E-state index is 13.8. The molecule has 2 amide bonds. The largest absolute Gasteiger partial charge is 0.393 e. The summed E-state index contributed by atoms with van der Waals surface area (Å²) in [5, 5.41) is 15.4. The van der Waals surface area contributed by atoms with Gasteiger partial charge in [0.2, 0.25) is 18.8 Å². The van der Waals surface area contributed by atoms with E-state index >= 15 is 0 Å². The number of unbranched alkanes of at least 4 members (excludes halogenated alkanes) is 1. The van der Waals surface area contributed by atoms with Crippen molar-refractivity contribution in [3.63, 3.8) is 0 Å². The van der Waals surface area contributed by atoms with Crippen molar-refractivity contribution in [3.05, 3.63) is 95.0 Å². The Morgan fingerprint density at radius 2 is 1.63 bits per heavy atom. The third-order valence-corrected chi connectivity index (χ3v) is 12.4. The zero-order chi connectivity index (χ0) is 48.7. The molecule has 1 aliphatic heterocycles. The molecular formula is C52H71ClFN9O5. The number of anilines is 4. The van der Waals surface area contributed by atoms with Gasteiger partial charge in [-0.1, -0.05) is 74.5 Å². The summed E-state index contributed by atoms with van der Waals surface area (Å²) in [5.74, 6) is -0.0756. The third kappa shape index (κ3) is 17.0. The zero-order valence-electron chi connectivity index (χ0n) is 40.3. The highest BCUT2D eigenvalue weighted by Gasteiger charge is 2.22. The summed E-state index contributed by atoms with van der Waals surface area (Å²) in [6.07, 6.45) is 17.3. The van der Waals surface area contributed by atoms with E-state index in [0.717, 1.165) is 131 Å². The highest BCUT2D eigenvalue weighted by Crippen LogP contribution is 2.32. The van der Waals surface area contributed by atoms with Gasteiger partial charge in [0.1, 0.15) is 17.8 Å². The summed E-state index contributed by atoms with van der Waals surface area (Å²) in [6.45, 7) is 9.77. The smallest absolute Gasteiger partial charge is 0.229 e. The second-order valence-electron chi connectivity index (χ2n) is 17.6. The second kappa shape index (κ2) is 28.8. The van der Waals surface area contributed by atoms with Gasteiger partial charge in [-0.15, -0.1) is 0 Å². The number of aliphatic hydroxyl groups excluding tert-OH is 1. The maximum Gasteiger partial charge on any atom is 0.229 e. The minimum Gasteiger partial charge on any atom is -0.393 e. The van der Waals surface area contributed by atoms with E-state index in [4.69, 9.17) is 26.2 Å². The predicted molar refractivity (Wildman–Crippen MR) is 272 cm³/mol. The average Bonchev–Trinajstić information content (AvgIpc) is 3.76. The quantitative estimate of drug-likeness (QED) is 0.0388. The normalized spacial score (nSPS) is 14.8. The van der Waals surface area contributed by atoms with Crippen LogP contribution in [0.2, 0.25) is 5.02 Å². The number of carbonyl (C=O) groups is 3. The minimum absolute atomic E-state index is 0.0359. The highest BCUT2D eigenvalue weighted by molar-refractivity contribution is 6.30. The van der Waals surface area contributed by atoms with Gasteiger partial charge in [0, 0.05) is 101 Å². The number of piperazine rings is 1. The number of aryl methyl sites for hydroxylation is 1. The number of H-pyrrole nitrogens is 1. The number of nitrogens with zero attached hydrogens (tertiary/aromatic N) is 6. The van der Waals surface area contributed by atoms with Gasteiger partial charge >= 0.3 is 0 Å². The van der Waals surface area contributed by atoms with Crippen LogP contribution in [0.15, 0.2) is 73.1 Å². The van der Waals surface area contributed by atoms with Crippen molar-refractivity contribution in [1.29, 1.82) is 0 Å². The average molecular weight is 957 g/mol. The molecule has 368 valence electrons.